The van der Waals surface area contributed by atoms with Crippen LogP contribution < -0.4 is 20.3 Å². The Morgan fingerprint density at radius 3 is 2.72 bits per heavy atom. The molecule has 0 radical (unpaired) electrons. The van der Waals surface area contributed by atoms with Crippen LogP contribution in [-0.2, 0) is 0 Å². The Bertz CT molecular complexity index is 1340. The van der Waals surface area contributed by atoms with Crippen LogP contribution in [-0.4, -0.2) is 58.2 Å². The molecule has 1 aliphatic rings. The van der Waals surface area contributed by atoms with Crippen molar-refractivity contribution in [3.05, 3.63) is 53.5 Å². The zero-order chi connectivity index (χ0) is 22.4. The predicted octanol–water partition coefficient (Wildman–Crippen LogP) is 2.41. The van der Waals surface area contributed by atoms with Crippen molar-refractivity contribution in [1.82, 2.24) is 24.3 Å². The SMILES string of the molecule is COc1c(NC(=O)c2ccc(N3CCNCC3)c3cc(C)nn23)cn2cc(C)nc2c1F. The Labute approximate surface area is 183 Å². The molecule has 0 bridgehead atoms. The summed E-state index contributed by atoms with van der Waals surface area (Å²) in [7, 11) is 1.36. The number of fused-ring (bicyclic) bond motifs is 2. The molecule has 32 heavy (non-hydrogen) atoms. The fourth-order valence-electron chi connectivity index (χ4n) is 4.19. The minimum atomic E-state index is -0.632. The molecule has 0 aliphatic carbocycles. The number of nitrogens with zero attached hydrogens (tertiary/aromatic N) is 5. The van der Waals surface area contributed by atoms with Crippen molar-refractivity contribution in [2.24, 2.45) is 0 Å². The first-order valence-corrected chi connectivity index (χ1v) is 10.4. The second-order valence-corrected chi connectivity index (χ2v) is 7.88. The van der Waals surface area contributed by atoms with Gasteiger partial charge in [0, 0.05) is 38.6 Å². The van der Waals surface area contributed by atoms with Gasteiger partial charge >= 0.3 is 0 Å². The highest BCUT2D eigenvalue weighted by Gasteiger charge is 2.22. The van der Waals surface area contributed by atoms with Gasteiger partial charge in [-0.25, -0.2) is 9.50 Å². The average Bonchev–Trinajstić information content (AvgIpc) is 3.35. The number of aryl methyl sites for hydroxylation is 2. The van der Waals surface area contributed by atoms with Crippen LogP contribution in [0.25, 0.3) is 11.2 Å². The number of methoxy groups -OCH3 is 1. The molecule has 0 atom stereocenters. The van der Waals surface area contributed by atoms with E-state index in [1.807, 2.05) is 19.1 Å². The van der Waals surface area contributed by atoms with Gasteiger partial charge in [-0.2, -0.15) is 9.49 Å². The highest BCUT2D eigenvalue weighted by Crippen LogP contribution is 2.31. The summed E-state index contributed by atoms with van der Waals surface area (Å²) in [5, 5.41) is 10.7. The fourth-order valence-corrected chi connectivity index (χ4v) is 4.19. The Kier molecular flexibility index (Phi) is 4.93. The summed E-state index contributed by atoms with van der Waals surface area (Å²) in [6.45, 7) is 7.24. The van der Waals surface area contributed by atoms with Gasteiger partial charge in [-0.15, -0.1) is 0 Å². The van der Waals surface area contributed by atoms with E-state index in [1.165, 1.54) is 11.5 Å². The number of carbonyl (C=O) groups is 1. The molecule has 2 N–H and O–H groups in total. The second kappa shape index (κ2) is 7.79. The van der Waals surface area contributed by atoms with Gasteiger partial charge in [-0.05, 0) is 32.0 Å². The summed E-state index contributed by atoms with van der Waals surface area (Å²) >= 11 is 0. The number of amides is 1. The fraction of sp³-hybridized carbons (Fsp3) is 0.318. The molecule has 5 heterocycles. The number of ether oxygens (including phenoxy) is 1. The smallest absolute Gasteiger partial charge is 0.274 e. The maximum Gasteiger partial charge on any atom is 0.274 e. The molecule has 1 amide bonds. The number of carbonyl (C=O) groups excluding carboxylic acids is 1. The quantitative estimate of drug-likeness (QED) is 0.510. The summed E-state index contributed by atoms with van der Waals surface area (Å²) in [4.78, 5) is 19.7. The van der Waals surface area contributed by atoms with E-state index in [2.05, 4.69) is 25.6 Å². The van der Waals surface area contributed by atoms with Crippen molar-refractivity contribution in [3.63, 3.8) is 0 Å². The summed E-state index contributed by atoms with van der Waals surface area (Å²) < 4.78 is 23.3. The monoisotopic (exact) mass is 437 g/mol. The van der Waals surface area contributed by atoms with Gasteiger partial charge in [0.1, 0.15) is 11.4 Å². The molecule has 1 fully saturated rings. The van der Waals surface area contributed by atoms with Crippen molar-refractivity contribution in [2.75, 3.05) is 43.5 Å². The summed E-state index contributed by atoms with van der Waals surface area (Å²) in [5.74, 6) is -1.12. The zero-order valence-electron chi connectivity index (χ0n) is 18.1. The van der Waals surface area contributed by atoms with Gasteiger partial charge in [-0.1, -0.05) is 0 Å². The number of pyridine rings is 2. The van der Waals surface area contributed by atoms with Gasteiger partial charge in [0.2, 0.25) is 5.82 Å². The molecule has 9 nitrogen and oxygen atoms in total. The second-order valence-electron chi connectivity index (χ2n) is 7.88. The minimum absolute atomic E-state index is 0.0678. The average molecular weight is 437 g/mol. The maximum atomic E-state index is 14.9. The van der Waals surface area contributed by atoms with E-state index in [1.54, 1.807) is 29.9 Å². The van der Waals surface area contributed by atoms with E-state index < -0.39 is 11.7 Å². The first-order valence-electron chi connectivity index (χ1n) is 10.4. The minimum Gasteiger partial charge on any atom is -0.491 e. The van der Waals surface area contributed by atoms with Crippen LogP contribution >= 0.6 is 0 Å². The van der Waals surface area contributed by atoms with Crippen LogP contribution in [0.2, 0.25) is 0 Å². The highest BCUT2D eigenvalue weighted by atomic mass is 19.1. The lowest BCUT2D eigenvalue weighted by Crippen LogP contribution is -2.43. The summed E-state index contributed by atoms with van der Waals surface area (Å²) in [6.07, 6.45) is 3.28. The highest BCUT2D eigenvalue weighted by molar-refractivity contribution is 6.05. The zero-order valence-corrected chi connectivity index (χ0v) is 18.1. The third kappa shape index (κ3) is 3.32. The van der Waals surface area contributed by atoms with E-state index in [4.69, 9.17) is 4.74 Å². The standard InChI is InChI=1S/C22H24FN7O2/c1-13-10-18-16(28-8-6-24-7-9-28)4-5-17(30(18)27-13)22(31)26-15-12-29-11-14(2)25-21(29)19(23)20(15)32-3/h4-5,10-12,24H,6-9H2,1-3H3,(H,26,31). The molecule has 0 aromatic carbocycles. The normalized spacial score (nSPS) is 14.3. The van der Waals surface area contributed by atoms with E-state index in [0.717, 1.165) is 43.1 Å². The molecule has 4 aromatic rings. The number of aromatic nitrogens is 4. The number of halogens is 1. The molecule has 0 spiro atoms. The largest absolute Gasteiger partial charge is 0.491 e. The first kappa shape index (κ1) is 20.3. The topological polar surface area (TPSA) is 88.2 Å². The third-order valence-corrected chi connectivity index (χ3v) is 5.63. The Balaban J connectivity index is 1.55. The predicted molar refractivity (Wildman–Crippen MR) is 119 cm³/mol. The van der Waals surface area contributed by atoms with E-state index in [0.29, 0.717) is 11.4 Å². The maximum absolute atomic E-state index is 14.9. The lowest BCUT2D eigenvalue weighted by atomic mass is 10.2. The van der Waals surface area contributed by atoms with Crippen molar-refractivity contribution in [3.8, 4) is 5.75 Å². The number of hydrogen-bond acceptors (Lipinski definition) is 6. The van der Waals surface area contributed by atoms with Crippen molar-refractivity contribution in [1.29, 1.82) is 0 Å². The molecule has 1 saturated heterocycles. The van der Waals surface area contributed by atoms with Crippen LogP contribution in [0.4, 0.5) is 15.8 Å². The van der Waals surface area contributed by atoms with Gasteiger partial charge in [0.15, 0.2) is 11.4 Å². The molecule has 0 saturated carbocycles. The van der Waals surface area contributed by atoms with Gasteiger partial charge in [0.05, 0.1) is 29.7 Å². The number of piperazine rings is 1. The molecule has 10 heteroatoms. The van der Waals surface area contributed by atoms with E-state index in [9.17, 15) is 9.18 Å². The molecule has 4 aromatic heterocycles. The Morgan fingerprint density at radius 1 is 1.19 bits per heavy atom. The number of nitrogens with one attached hydrogen (secondary N) is 2. The van der Waals surface area contributed by atoms with E-state index in [-0.39, 0.29) is 17.1 Å². The van der Waals surface area contributed by atoms with Gasteiger partial charge in [0.25, 0.3) is 5.91 Å². The first-order chi connectivity index (χ1) is 15.5. The van der Waals surface area contributed by atoms with Crippen LogP contribution in [0.15, 0.2) is 30.6 Å². The van der Waals surface area contributed by atoms with Crippen LogP contribution in [0.3, 0.4) is 0 Å². The van der Waals surface area contributed by atoms with Crippen LogP contribution in [0, 0.1) is 19.7 Å². The molecule has 5 rings (SSSR count). The lowest BCUT2D eigenvalue weighted by Gasteiger charge is -2.30. The van der Waals surface area contributed by atoms with Gasteiger partial charge in [-0.3, -0.25) is 4.79 Å². The molecular weight excluding hydrogens is 413 g/mol. The Hall–Kier alpha value is -3.66. The third-order valence-electron chi connectivity index (χ3n) is 5.63. The number of anilines is 2. The van der Waals surface area contributed by atoms with Crippen molar-refractivity contribution >= 4 is 28.4 Å². The number of imidazole rings is 1. The lowest BCUT2D eigenvalue weighted by molar-refractivity contribution is 0.101. The molecule has 166 valence electrons. The van der Waals surface area contributed by atoms with E-state index >= 15 is 0 Å². The van der Waals surface area contributed by atoms with Crippen molar-refractivity contribution < 1.29 is 13.9 Å². The van der Waals surface area contributed by atoms with Crippen LogP contribution in [0.1, 0.15) is 21.9 Å². The molecular formula is C22H24FN7O2. The van der Waals surface area contributed by atoms with Crippen LogP contribution in [0.5, 0.6) is 5.75 Å². The Morgan fingerprint density at radius 2 is 1.97 bits per heavy atom. The number of hydrogen-bond donors (Lipinski definition) is 2. The summed E-state index contributed by atoms with van der Waals surface area (Å²) in [6, 6.07) is 5.65. The molecule has 0 unspecified atom stereocenters. The summed E-state index contributed by atoms with van der Waals surface area (Å²) in [5.41, 5.74) is 4.05. The number of rotatable bonds is 4. The van der Waals surface area contributed by atoms with Gasteiger partial charge < -0.3 is 24.7 Å². The van der Waals surface area contributed by atoms with Crippen molar-refractivity contribution in [2.45, 2.75) is 13.8 Å². The molecule has 1 aliphatic heterocycles.